The van der Waals surface area contributed by atoms with Gasteiger partial charge in [0.1, 0.15) is 5.69 Å². The van der Waals surface area contributed by atoms with Crippen LogP contribution in [0.5, 0.6) is 0 Å². The van der Waals surface area contributed by atoms with Crippen LogP contribution in [0.4, 0.5) is 0 Å². The third-order valence-corrected chi connectivity index (χ3v) is 6.10. The van der Waals surface area contributed by atoms with Crippen molar-refractivity contribution < 1.29 is 30.0 Å². The van der Waals surface area contributed by atoms with E-state index < -0.39 is 5.97 Å². The van der Waals surface area contributed by atoms with E-state index in [4.69, 9.17) is 5.11 Å². The van der Waals surface area contributed by atoms with Gasteiger partial charge in [0.25, 0.3) is 0 Å². The molecule has 0 spiro atoms. The maximum Gasteiger partial charge on any atom is 0.354 e. The maximum atomic E-state index is 10.1. The van der Waals surface area contributed by atoms with Crippen LogP contribution in [-0.2, 0) is 30.9 Å². The molecule has 5 aromatic rings. The summed E-state index contributed by atoms with van der Waals surface area (Å²) in [5.74, 6) is -0.990. The number of hydrogen-bond acceptors (Lipinski definition) is 4. The van der Waals surface area contributed by atoms with E-state index in [1.807, 2.05) is 60.9 Å². The van der Waals surface area contributed by atoms with Gasteiger partial charge in [0, 0.05) is 38.7 Å². The van der Waals surface area contributed by atoms with Crippen molar-refractivity contribution in [3.05, 3.63) is 139 Å². The predicted octanol–water partition coefficient (Wildman–Crippen LogP) is 8.47. The Kier molecular flexibility index (Phi) is 12.9. The smallest absolute Gasteiger partial charge is 0.354 e. The Morgan fingerprint density at radius 3 is 1.31 bits per heavy atom. The first-order chi connectivity index (χ1) is 19.4. The molecular formula is C36H37IrN3O2-2. The van der Waals surface area contributed by atoms with Gasteiger partial charge < -0.3 is 15.1 Å². The van der Waals surface area contributed by atoms with E-state index in [2.05, 4.69) is 92.9 Å². The molecule has 5 rings (SSSR count). The number of aromatic carboxylic acids is 1. The number of benzene rings is 2. The molecule has 3 heterocycles. The zero-order valence-corrected chi connectivity index (χ0v) is 27.3. The molecule has 5 nitrogen and oxygen atoms in total. The Hall–Kier alpha value is -3.99. The molecule has 0 aliphatic carbocycles. The second-order valence-corrected chi connectivity index (χ2v) is 11.4. The molecule has 0 saturated heterocycles. The quantitative estimate of drug-likeness (QED) is 0.188. The number of rotatable bonds is 3. The van der Waals surface area contributed by atoms with Crippen molar-refractivity contribution in [2.45, 2.75) is 52.4 Å². The van der Waals surface area contributed by atoms with Gasteiger partial charge >= 0.3 is 5.97 Å². The van der Waals surface area contributed by atoms with Crippen molar-refractivity contribution in [3.8, 4) is 22.5 Å². The standard InChI is InChI=1S/2C15H16N.C6H5NO2.Ir/c2*1-15(2,3)13-8-6-7-12(11-13)14-9-4-5-10-16-14;8-6(9)5-3-1-2-4-7-5;/h2*4-6,8-11H,1-3H3;1-4H,(H,8,9);/q2*-1;;. The molecule has 1 radical (unpaired) electrons. The van der Waals surface area contributed by atoms with Crippen molar-refractivity contribution in [1.82, 2.24) is 15.0 Å². The van der Waals surface area contributed by atoms with Crippen LogP contribution in [0.15, 0.2) is 110 Å². The maximum absolute atomic E-state index is 10.1. The molecule has 0 saturated carbocycles. The summed E-state index contributed by atoms with van der Waals surface area (Å²) in [5.41, 5.74) is 7.12. The minimum Gasteiger partial charge on any atom is -0.477 e. The summed E-state index contributed by atoms with van der Waals surface area (Å²) < 4.78 is 0. The van der Waals surface area contributed by atoms with Gasteiger partial charge in [-0.2, -0.15) is 0 Å². The van der Waals surface area contributed by atoms with Crippen molar-refractivity contribution in [1.29, 1.82) is 0 Å². The molecule has 3 aromatic heterocycles. The number of pyridine rings is 3. The van der Waals surface area contributed by atoms with Gasteiger partial charge in [-0.25, -0.2) is 9.78 Å². The summed E-state index contributed by atoms with van der Waals surface area (Å²) in [6, 6.07) is 35.6. The zero-order chi connectivity index (χ0) is 29.9. The molecule has 0 unspecified atom stereocenters. The monoisotopic (exact) mass is 736 g/mol. The normalized spacial score (nSPS) is 10.6. The number of carbonyl (C=O) groups is 1. The van der Waals surface area contributed by atoms with E-state index in [1.54, 1.807) is 12.1 Å². The third-order valence-electron chi connectivity index (χ3n) is 6.10. The summed E-state index contributed by atoms with van der Waals surface area (Å²) in [4.78, 5) is 22.4. The molecule has 42 heavy (non-hydrogen) atoms. The minimum absolute atomic E-state index is 0. The molecular weight excluding hydrogens is 699 g/mol. The second kappa shape index (κ2) is 15.9. The molecule has 6 heteroatoms. The molecule has 0 aliphatic rings. The van der Waals surface area contributed by atoms with E-state index in [9.17, 15) is 4.79 Å². The Balaban J connectivity index is 0.000000227. The summed E-state index contributed by atoms with van der Waals surface area (Å²) in [6.07, 6.45) is 5.07. The summed E-state index contributed by atoms with van der Waals surface area (Å²) >= 11 is 0. The molecule has 0 aliphatic heterocycles. The van der Waals surface area contributed by atoms with E-state index in [-0.39, 0.29) is 36.6 Å². The number of carboxylic acids is 1. The molecule has 0 amide bonds. The first-order valence-electron chi connectivity index (χ1n) is 13.5. The van der Waals surface area contributed by atoms with E-state index in [0.717, 1.165) is 22.5 Å². The van der Waals surface area contributed by atoms with Crippen LogP contribution >= 0.6 is 0 Å². The zero-order valence-electron chi connectivity index (χ0n) is 24.9. The van der Waals surface area contributed by atoms with Crippen LogP contribution in [0.2, 0.25) is 0 Å². The Morgan fingerprint density at radius 1 is 0.619 bits per heavy atom. The van der Waals surface area contributed by atoms with Gasteiger partial charge in [0.05, 0.1) is 0 Å². The van der Waals surface area contributed by atoms with Crippen LogP contribution in [0.3, 0.4) is 0 Å². The number of carboxylic acid groups (broad SMARTS) is 1. The Morgan fingerprint density at radius 2 is 1.02 bits per heavy atom. The minimum atomic E-state index is -0.990. The van der Waals surface area contributed by atoms with E-state index >= 15 is 0 Å². The number of nitrogens with zero attached hydrogens (tertiary/aromatic N) is 3. The van der Waals surface area contributed by atoms with Crippen molar-refractivity contribution in [3.63, 3.8) is 0 Å². The predicted molar refractivity (Wildman–Crippen MR) is 166 cm³/mol. The SMILES string of the molecule is CC(C)(C)c1cc[c-]c(-c2ccccn2)c1.CC(C)(C)c1cc[c-]c(-c2ccccn2)c1.O=C(O)c1ccccn1.[Ir]. The molecule has 219 valence electrons. The molecule has 0 bridgehead atoms. The average molecular weight is 736 g/mol. The molecule has 0 fully saturated rings. The van der Waals surface area contributed by atoms with Gasteiger partial charge in [-0.05, 0) is 46.5 Å². The van der Waals surface area contributed by atoms with Crippen molar-refractivity contribution >= 4 is 5.97 Å². The molecule has 1 N–H and O–H groups in total. The van der Waals surface area contributed by atoms with E-state index in [1.165, 1.54) is 23.4 Å². The van der Waals surface area contributed by atoms with Gasteiger partial charge in [-0.3, -0.25) is 0 Å². The van der Waals surface area contributed by atoms with Crippen LogP contribution in [0, 0.1) is 12.1 Å². The molecule has 0 atom stereocenters. The van der Waals surface area contributed by atoms with Gasteiger partial charge in [0.2, 0.25) is 0 Å². The van der Waals surface area contributed by atoms with Crippen molar-refractivity contribution in [2.75, 3.05) is 0 Å². The fraction of sp³-hybridized carbons (Fsp3) is 0.222. The largest absolute Gasteiger partial charge is 0.477 e. The summed E-state index contributed by atoms with van der Waals surface area (Å²) in [7, 11) is 0. The fourth-order valence-corrected chi connectivity index (χ4v) is 3.70. The first-order valence-corrected chi connectivity index (χ1v) is 13.5. The van der Waals surface area contributed by atoms with Gasteiger partial charge in [-0.1, -0.05) is 71.9 Å². The summed E-state index contributed by atoms with van der Waals surface area (Å²) in [6.45, 7) is 13.3. The Bertz CT molecular complexity index is 1420. The van der Waals surface area contributed by atoms with E-state index in [0.29, 0.717) is 0 Å². The topological polar surface area (TPSA) is 76.0 Å². The first kappa shape index (κ1) is 34.2. The number of aromatic nitrogens is 3. The number of hydrogen-bond donors (Lipinski definition) is 1. The average Bonchev–Trinajstić information content (AvgIpc) is 2.98. The van der Waals surface area contributed by atoms with Crippen LogP contribution in [0.25, 0.3) is 22.5 Å². The van der Waals surface area contributed by atoms with Gasteiger partial charge in [-0.15, -0.1) is 70.8 Å². The second-order valence-electron chi connectivity index (χ2n) is 11.4. The van der Waals surface area contributed by atoms with Gasteiger partial charge in [0.15, 0.2) is 0 Å². The van der Waals surface area contributed by atoms with Crippen LogP contribution in [-0.4, -0.2) is 26.0 Å². The third kappa shape index (κ3) is 10.8. The molecule has 2 aromatic carbocycles. The van der Waals surface area contributed by atoms with Crippen molar-refractivity contribution in [2.24, 2.45) is 0 Å². The van der Waals surface area contributed by atoms with Crippen LogP contribution in [0.1, 0.15) is 63.2 Å². The summed E-state index contributed by atoms with van der Waals surface area (Å²) in [5, 5.41) is 8.32. The Labute approximate surface area is 263 Å². The fourth-order valence-electron chi connectivity index (χ4n) is 3.70. The van der Waals surface area contributed by atoms with Crippen LogP contribution < -0.4 is 0 Å².